The van der Waals surface area contributed by atoms with Crippen molar-refractivity contribution < 1.29 is 4.74 Å². The zero-order valence-electron chi connectivity index (χ0n) is 12.5. The average Bonchev–Trinajstić information content (AvgIpc) is 2.40. The minimum Gasteiger partial charge on any atom is -0.494 e. The maximum absolute atomic E-state index is 5.82. The fourth-order valence-electron chi connectivity index (χ4n) is 3.26. The quantitative estimate of drug-likeness (QED) is 0.870. The molecule has 1 aliphatic rings. The summed E-state index contributed by atoms with van der Waals surface area (Å²) in [7, 11) is 0. The van der Waals surface area contributed by atoms with Crippen LogP contribution in [-0.4, -0.2) is 19.7 Å². The molecule has 1 fully saturated rings. The lowest BCUT2D eigenvalue weighted by atomic mass is 9.77. The minimum atomic E-state index is 0.645. The Kier molecular flexibility index (Phi) is 5.26. The molecule has 1 heterocycles. The second-order valence-electron chi connectivity index (χ2n) is 5.96. The number of piperidine rings is 1. The van der Waals surface area contributed by atoms with Crippen molar-refractivity contribution in [3.63, 3.8) is 0 Å². The first-order valence-electron chi connectivity index (χ1n) is 7.64. The zero-order valence-corrected chi connectivity index (χ0v) is 12.5. The van der Waals surface area contributed by atoms with Gasteiger partial charge < -0.3 is 10.1 Å². The van der Waals surface area contributed by atoms with E-state index in [2.05, 4.69) is 50.4 Å². The Hall–Kier alpha value is -1.02. The summed E-state index contributed by atoms with van der Waals surface area (Å²) in [6, 6.07) is 8.60. The van der Waals surface area contributed by atoms with Gasteiger partial charge in [0.2, 0.25) is 0 Å². The van der Waals surface area contributed by atoms with Gasteiger partial charge in [0.15, 0.2) is 0 Å². The highest BCUT2D eigenvalue weighted by molar-refractivity contribution is 5.37. The lowest BCUT2D eigenvalue weighted by molar-refractivity contribution is 0.268. The summed E-state index contributed by atoms with van der Waals surface area (Å²) >= 11 is 0. The second-order valence-corrected chi connectivity index (χ2v) is 5.96. The first-order valence-corrected chi connectivity index (χ1v) is 7.64. The van der Waals surface area contributed by atoms with E-state index in [1.807, 2.05) is 0 Å². The minimum absolute atomic E-state index is 0.645. The third-order valence-corrected chi connectivity index (χ3v) is 4.00. The maximum Gasteiger partial charge on any atom is 0.122 e. The van der Waals surface area contributed by atoms with Gasteiger partial charge in [0.25, 0.3) is 0 Å². The van der Waals surface area contributed by atoms with E-state index in [1.54, 1.807) is 0 Å². The highest BCUT2D eigenvalue weighted by Crippen LogP contribution is 2.38. The molecule has 2 heteroatoms. The number of nitrogens with one attached hydrogen (secondary N) is 1. The van der Waals surface area contributed by atoms with E-state index in [9.17, 15) is 0 Å². The number of benzene rings is 1. The summed E-state index contributed by atoms with van der Waals surface area (Å²) in [5.74, 6) is 3.22. The van der Waals surface area contributed by atoms with Crippen LogP contribution in [0.1, 0.15) is 45.1 Å². The lowest BCUT2D eigenvalue weighted by Crippen LogP contribution is -2.36. The van der Waals surface area contributed by atoms with Crippen LogP contribution < -0.4 is 10.1 Å². The Bertz CT molecular complexity index is 389. The van der Waals surface area contributed by atoms with Crippen LogP contribution in [0.25, 0.3) is 0 Å². The fraction of sp³-hybridized carbons (Fsp3) is 0.647. The SMILES string of the molecule is CCOc1ccccc1C1CCNCC1CC(C)C. The van der Waals surface area contributed by atoms with Gasteiger partial charge in [0, 0.05) is 0 Å². The number of hydrogen-bond donors (Lipinski definition) is 1. The van der Waals surface area contributed by atoms with Gasteiger partial charge in [-0.05, 0) is 62.2 Å². The standard InChI is InChI=1S/C17H27NO/c1-4-19-17-8-6-5-7-16(17)15-9-10-18-12-14(15)11-13(2)3/h5-8,13-15,18H,4,9-12H2,1-3H3. The molecule has 2 rings (SSSR count). The van der Waals surface area contributed by atoms with Gasteiger partial charge in [0.1, 0.15) is 5.75 Å². The normalized spacial score (nSPS) is 23.6. The van der Waals surface area contributed by atoms with Gasteiger partial charge >= 0.3 is 0 Å². The molecule has 2 atom stereocenters. The molecule has 0 spiro atoms. The Labute approximate surface area is 117 Å². The van der Waals surface area contributed by atoms with Crippen LogP contribution in [-0.2, 0) is 0 Å². The van der Waals surface area contributed by atoms with Gasteiger partial charge in [0.05, 0.1) is 6.61 Å². The zero-order chi connectivity index (χ0) is 13.7. The molecule has 0 amide bonds. The summed E-state index contributed by atoms with van der Waals surface area (Å²) in [6.45, 7) is 9.71. The van der Waals surface area contributed by atoms with Gasteiger partial charge in [-0.15, -0.1) is 0 Å². The molecule has 0 radical (unpaired) electrons. The lowest BCUT2D eigenvalue weighted by Gasteiger charge is -2.34. The molecular formula is C17H27NO. The molecule has 1 saturated heterocycles. The molecule has 2 nitrogen and oxygen atoms in total. The predicted octanol–water partition coefficient (Wildman–Crippen LogP) is 3.82. The maximum atomic E-state index is 5.82. The van der Waals surface area contributed by atoms with Gasteiger partial charge in [-0.1, -0.05) is 32.0 Å². The first kappa shape index (κ1) is 14.4. The Morgan fingerprint density at radius 3 is 2.84 bits per heavy atom. The summed E-state index contributed by atoms with van der Waals surface area (Å²) in [6.07, 6.45) is 2.51. The molecule has 1 aliphatic heterocycles. The van der Waals surface area contributed by atoms with Crippen molar-refractivity contribution in [2.45, 2.75) is 39.5 Å². The van der Waals surface area contributed by atoms with Crippen LogP contribution in [0.2, 0.25) is 0 Å². The summed E-state index contributed by atoms with van der Waals surface area (Å²) in [5.41, 5.74) is 1.41. The highest BCUT2D eigenvalue weighted by Gasteiger charge is 2.28. The molecular weight excluding hydrogens is 234 g/mol. The summed E-state index contributed by atoms with van der Waals surface area (Å²) < 4.78 is 5.82. The smallest absolute Gasteiger partial charge is 0.122 e. The van der Waals surface area contributed by atoms with Crippen molar-refractivity contribution in [3.05, 3.63) is 29.8 Å². The van der Waals surface area contributed by atoms with E-state index in [-0.39, 0.29) is 0 Å². The van der Waals surface area contributed by atoms with E-state index in [0.717, 1.165) is 37.3 Å². The molecule has 2 unspecified atom stereocenters. The van der Waals surface area contributed by atoms with Crippen LogP contribution in [0.3, 0.4) is 0 Å². The Balaban J connectivity index is 2.21. The Morgan fingerprint density at radius 2 is 2.11 bits per heavy atom. The monoisotopic (exact) mass is 261 g/mol. The Morgan fingerprint density at radius 1 is 1.32 bits per heavy atom. The van der Waals surface area contributed by atoms with Crippen molar-refractivity contribution in [2.24, 2.45) is 11.8 Å². The number of rotatable bonds is 5. The molecule has 0 saturated carbocycles. The summed E-state index contributed by atoms with van der Waals surface area (Å²) in [5, 5.41) is 3.55. The van der Waals surface area contributed by atoms with Crippen LogP contribution in [0, 0.1) is 11.8 Å². The molecule has 1 N–H and O–H groups in total. The molecule has 106 valence electrons. The molecule has 1 aromatic rings. The number of para-hydroxylation sites is 1. The van der Waals surface area contributed by atoms with E-state index >= 15 is 0 Å². The van der Waals surface area contributed by atoms with Crippen LogP contribution in [0.4, 0.5) is 0 Å². The molecule has 0 aliphatic carbocycles. The third kappa shape index (κ3) is 3.73. The largest absolute Gasteiger partial charge is 0.494 e. The second kappa shape index (κ2) is 6.95. The van der Waals surface area contributed by atoms with Crippen molar-refractivity contribution in [1.82, 2.24) is 5.32 Å². The fourth-order valence-corrected chi connectivity index (χ4v) is 3.26. The van der Waals surface area contributed by atoms with E-state index < -0.39 is 0 Å². The number of hydrogen-bond acceptors (Lipinski definition) is 2. The van der Waals surface area contributed by atoms with Crippen molar-refractivity contribution >= 4 is 0 Å². The van der Waals surface area contributed by atoms with Gasteiger partial charge in [-0.2, -0.15) is 0 Å². The predicted molar refractivity (Wildman–Crippen MR) is 80.8 cm³/mol. The van der Waals surface area contributed by atoms with Gasteiger partial charge in [-0.25, -0.2) is 0 Å². The topological polar surface area (TPSA) is 21.3 Å². The van der Waals surface area contributed by atoms with Gasteiger partial charge in [-0.3, -0.25) is 0 Å². The number of ether oxygens (including phenoxy) is 1. The van der Waals surface area contributed by atoms with Crippen molar-refractivity contribution in [3.8, 4) is 5.75 Å². The molecule has 19 heavy (non-hydrogen) atoms. The molecule has 0 bridgehead atoms. The van der Waals surface area contributed by atoms with Crippen LogP contribution in [0.15, 0.2) is 24.3 Å². The average molecular weight is 261 g/mol. The molecule has 0 aromatic heterocycles. The van der Waals surface area contributed by atoms with E-state index in [1.165, 1.54) is 18.4 Å². The summed E-state index contributed by atoms with van der Waals surface area (Å²) in [4.78, 5) is 0. The third-order valence-electron chi connectivity index (χ3n) is 4.00. The van der Waals surface area contributed by atoms with Crippen molar-refractivity contribution in [2.75, 3.05) is 19.7 Å². The van der Waals surface area contributed by atoms with Crippen LogP contribution in [0.5, 0.6) is 5.75 Å². The van der Waals surface area contributed by atoms with Crippen molar-refractivity contribution in [1.29, 1.82) is 0 Å². The first-order chi connectivity index (χ1) is 9.22. The highest BCUT2D eigenvalue weighted by atomic mass is 16.5. The van der Waals surface area contributed by atoms with Crippen LogP contribution >= 0.6 is 0 Å². The van der Waals surface area contributed by atoms with E-state index in [4.69, 9.17) is 4.74 Å². The van der Waals surface area contributed by atoms with E-state index in [0.29, 0.717) is 5.92 Å². The molecule has 1 aromatic carbocycles.